The minimum atomic E-state index is -4.45. The normalized spacial score (nSPS) is 11.6. The van der Waals surface area contributed by atoms with Crippen LogP contribution in [0, 0.1) is 0 Å². The predicted molar refractivity (Wildman–Crippen MR) is 108 cm³/mol. The molecule has 0 atom stereocenters. The third kappa shape index (κ3) is 3.80. The highest BCUT2D eigenvalue weighted by Crippen LogP contribution is 2.33. The van der Waals surface area contributed by atoms with Gasteiger partial charge >= 0.3 is 6.18 Å². The highest BCUT2D eigenvalue weighted by molar-refractivity contribution is 5.80. The molecule has 152 valence electrons. The molecule has 0 unspecified atom stereocenters. The van der Waals surface area contributed by atoms with Crippen molar-refractivity contribution in [2.45, 2.75) is 6.18 Å². The standard InChI is InChI=1S/C22H15F3N2O3/c23-22(24,25)13-3-1-12(2-4-13)19-11-18(28)16-7-6-15(10-20(16)30-19)29-21-9-14(26)5-8-17(21)27/h1-11H,26-27H2. The first-order valence-electron chi connectivity index (χ1n) is 8.79. The van der Waals surface area contributed by atoms with Crippen LogP contribution in [0.4, 0.5) is 24.5 Å². The SMILES string of the molecule is Nc1ccc(N)c(Oc2ccc3c(=O)cc(-c4ccc(C(F)(F)F)cc4)oc3c2)c1. The molecule has 8 heteroatoms. The molecule has 0 amide bonds. The molecule has 0 aliphatic heterocycles. The molecule has 1 heterocycles. The maximum atomic E-state index is 12.8. The summed E-state index contributed by atoms with van der Waals surface area (Å²) in [5.74, 6) is 0.838. The van der Waals surface area contributed by atoms with Crippen molar-refractivity contribution in [3.8, 4) is 22.8 Å². The molecule has 4 N–H and O–H groups in total. The van der Waals surface area contributed by atoms with Gasteiger partial charge in [-0.2, -0.15) is 13.2 Å². The summed E-state index contributed by atoms with van der Waals surface area (Å²) in [6.07, 6.45) is -4.45. The van der Waals surface area contributed by atoms with Crippen molar-refractivity contribution in [1.82, 2.24) is 0 Å². The first-order valence-corrected chi connectivity index (χ1v) is 8.79. The number of hydrogen-bond acceptors (Lipinski definition) is 5. The van der Waals surface area contributed by atoms with E-state index < -0.39 is 11.7 Å². The Morgan fingerprint density at radius 2 is 1.60 bits per heavy atom. The van der Waals surface area contributed by atoms with Crippen molar-refractivity contribution < 1.29 is 22.3 Å². The van der Waals surface area contributed by atoms with E-state index in [0.29, 0.717) is 33.8 Å². The van der Waals surface area contributed by atoms with Gasteiger partial charge in [0.15, 0.2) is 11.2 Å². The van der Waals surface area contributed by atoms with Crippen LogP contribution >= 0.6 is 0 Å². The zero-order valence-corrected chi connectivity index (χ0v) is 15.4. The molecule has 0 saturated carbocycles. The summed E-state index contributed by atoms with van der Waals surface area (Å²) in [7, 11) is 0. The second-order valence-electron chi connectivity index (χ2n) is 6.61. The first kappa shape index (κ1) is 19.4. The number of hydrogen-bond donors (Lipinski definition) is 2. The van der Waals surface area contributed by atoms with E-state index in [-0.39, 0.29) is 16.8 Å². The number of fused-ring (bicyclic) bond motifs is 1. The number of nitrogens with two attached hydrogens (primary N) is 2. The molecule has 30 heavy (non-hydrogen) atoms. The summed E-state index contributed by atoms with van der Waals surface area (Å²) in [4.78, 5) is 12.5. The van der Waals surface area contributed by atoms with E-state index in [1.54, 1.807) is 24.3 Å². The van der Waals surface area contributed by atoms with E-state index in [2.05, 4.69) is 0 Å². The lowest BCUT2D eigenvalue weighted by atomic mass is 10.1. The van der Waals surface area contributed by atoms with Gasteiger partial charge in [-0.25, -0.2) is 0 Å². The van der Waals surface area contributed by atoms with Crippen molar-refractivity contribution in [1.29, 1.82) is 0 Å². The van der Waals surface area contributed by atoms with E-state index in [9.17, 15) is 18.0 Å². The van der Waals surface area contributed by atoms with E-state index in [4.69, 9.17) is 20.6 Å². The minimum absolute atomic E-state index is 0.141. The monoisotopic (exact) mass is 412 g/mol. The molecule has 0 fully saturated rings. The molecule has 0 spiro atoms. The topological polar surface area (TPSA) is 91.5 Å². The number of anilines is 2. The predicted octanol–water partition coefficient (Wildman–Crippen LogP) is 5.44. The largest absolute Gasteiger partial charge is 0.456 e. The van der Waals surface area contributed by atoms with Crippen LogP contribution in [-0.2, 0) is 6.18 Å². The van der Waals surface area contributed by atoms with Crippen molar-refractivity contribution in [2.24, 2.45) is 0 Å². The Kier molecular flexibility index (Phi) is 4.62. The van der Waals surface area contributed by atoms with E-state index in [1.807, 2.05) is 0 Å². The summed E-state index contributed by atoms with van der Waals surface area (Å²) in [6.45, 7) is 0. The fourth-order valence-electron chi connectivity index (χ4n) is 2.93. The van der Waals surface area contributed by atoms with Gasteiger partial charge in [-0.05, 0) is 36.4 Å². The second-order valence-corrected chi connectivity index (χ2v) is 6.61. The smallest absolute Gasteiger partial charge is 0.416 e. The lowest BCUT2D eigenvalue weighted by molar-refractivity contribution is -0.137. The van der Waals surface area contributed by atoms with Crippen LogP contribution in [0.25, 0.3) is 22.3 Å². The van der Waals surface area contributed by atoms with Crippen LogP contribution in [0.15, 0.2) is 75.9 Å². The van der Waals surface area contributed by atoms with Crippen LogP contribution in [0.1, 0.15) is 5.56 Å². The quantitative estimate of drug-likeness (QED) is 0.438. The highest BCUT2D eigenvalue weighted by atomic mass is 19.4. The second kappa shape index (κ2) is 7.14. The van der Waals surface area contributed by atoms with Crippen molar-refractivity contribution in [3.05, 3.63) is 82.5 Å². The molecule has 5 nitrogen and oxygen atoms in total. The van der Waals surface area contributed by atoms with Gasteiger partial charge in [0.05, 0.1) is 16.6 Å². The Labute approximate surface area is 168 Å². The van der Waals surface area contributed by atoms with Gasteiger partial charge < -0.3 is 20.6 Å². The van der Waals surface area contributed by atoms with Crippen LogP contribution in [0.5, 0.6) is 11.5 Å². The van der Waals surface area contributed by atoms with Crippen molar-refractivity contribution in [3.63, 3.8) is 0 Å². The number of halogens is 3. The lowest BCUT2D eigenvalue weighted by Crippen LogP contribution is -2.04. The lowest BCUT2D eigenvalue weighted by Gasteiger charge is -2.10. The van der Waals surface area contributed by atoms with Crippen LogP contribution in [0.2, 0.25) is 0 Å². The Bertz CT molecular complexity index is 1300. The summed E-state index contributed by atoms with van der Waals surface area (Å²) in [5.41, 5.74) is 11.9. The minimum Gasteiger partial charge on any atom is -0.456 e. The fourth-order valence-corrected chi connectivity index (χ4v) is 2.93. The molecule has 1 aromatic heterocycles. The van der Waals surface area contributed by atoms with E-state index in [1.165, 1.54) is 30.3 Å². The first-order chi connectivity index (χ1) is 14.2. The van der Waals surface area contributed by atoms with Crippen LogP contribution < -0.4 is 21.6 Å². The van der Waals surface area contributed by atoms with E-state index in [0.717, 1.165) is 12.1 Å². The van der Waals surface area contributed by atoms with Crippen LogP contribution in [0.3, 0.4) is 0 Å². The van der Waals surface area contributed by atoms with E-state index >= 15 is 0 Å². The number of rotatable bonds is 3. The maximum absolute atomic E-state index is 12.8. The molecule has 3 aromatic carbocycles. The average molecular weight is 412 g/mol. The van der Waals surface area contributed by atoms with Gasteiger partial charge in [0.2, 0.25) is 0 Å². The molecule has 0 radical (unpaired) electrons. The third-order valence-corrected chi connectivity index (χ3v) is 4.46. The zero-order valence-electron chi connectivity index (χ0n) is 15.4. The van der Waals surface area contributed by atoms with Gasteiger partial charge in [0.25, 0.3) is 0 Å². The summed E-state index contributed by atoms with van der Waals surface area (Å²) in [6, 6.07) is 15.0. The van der Waals surface area contributed by atoms with Crippen LogP contribution in [-0.4, -0.2) is 0 Å². The molecule has 4 rings (SSSR count). The number of alkyl halides is 3. The molecule has 0 saturated heterocycles. The fraction of sp³-hybridized carbons (Fsp3) is 0.0455. The number of benzene rings is 3. The molecule has 0 aliphatic carbocycles. The van der Waals surface area contributed by atoms with Gasteiger partial charge in [-0.3, -0.25) is 4.79 Å². The maximum Gasteiger partial charge on any atom is 0.416 e. The average Bonchev–Trinajstić information content (AvgIpc) is 2.70. The number of nitrogen functional groups attached to an aromatic ring is 2. The molecule has 4 aromatic rings. The number of ether oxygens (including phenoxy) is 1. The van der Waals surface area contributed by atoms with Crippen molar-refractivity contribution >= 4 is 22.3 Å². The Balaban J connectivity index is 1.73. The molecular formula is C22H15F3N2O3. The van der Waals surface area contributed by atoms with Gasteiger partial charge in [-0.15, -0.1) is 0 Å². The Morgan fingerprint density at radius 1 is 0.867 bits per heavy atom. The third-order valence-electron chi connectivity index (χ3n) is 4.46. The molecular weight excluding hydrogens is 397 g/mol. The zero-order chi connectivity index (χ0) is 21.5. The van der Waals surface area contributed by atoms with Gasteiger partial charge in [0.1, 0.15) is 17.1 Å². The summed E-state index contributed by atoms with van der Waals surface area (Å²) < 4.78 is 49.8. The highest BCUT2D eigenvalue weighted by Gasteiger charge is 2.30. The van der Waals surface area contributed by atoms with Gasteiger partial charge in [0, 0.05) is 29.4 Å². The summed E-state index contributed by atoms with van der Waals surface area (Å²) in [5, 5.41) is 0.304. The molecule has 0 bridgehead atoms. The Morgan fingerprint density at radius 3 is 2.30 bits per heavy atom. The van der Waals surface area contributed by atoms with Gasteiger partial charge in [-0.1, -0.05) is 12.1 Å². The van der Waals surface area contributed by atoms with Crippen molar-refractivity contribution in [2.75, 3.05) is 11.5 Å². The summed E-state index contributed by atoms with van der Waals surface area (Å²) >= 11 is 0. The molecule has 0 aliphatic rings. The Hall–Kier alpha value is -3.94.